The Kier molecular flexibility index (Phi) is 6.49. The lowest BCUT2D eigenvalue weighted by molar-refractivity contribution is -0.125. The number of anilines is 1. The Morgan fingerprint density at radius 2 is 2.04 bits per heavy atom. The normalized spacial score (nSPS) is 12.0. The summed E-state index contributed by atoms with van der Waals surface area (Å²) in [5.41, 5.74) is 3.56. The summed E-state index contributed by atoms with van der Waals surface area (Å²) >= 11 is 3.48. The van der Waals surface area contributed by atoms with E-state index >= 15 is 0 Å². The van der Waals surface area contributed by atoms with Gasteiger partial charge in [0.05, 0.1) is 6.61 Å². The van der Waals surface area contributed by atoms with Gasteiger partial charge in [0.1, 0.15) is 6.04 Å². The van der Waals surface area contributed by atoms with Gasteiger partial charge in [-0.3, -0.25) is 9.59 Å². The van der Waals surface area contributed by atoms with Crippen molar-refractivity contribution in [2.24, 2.45) is 0 Å². The maximum atomic E-state index is 12.9. The quantitative estimate of drug-likeness (QED) is 0.519. The molecule has 0 aliphatic heterocycles. The van der Waals surface area contributed by atoms with E-state index in [1.165, 1.54) is 6.92 Å². The molecule has 2 aromatic carbocycles. The molecule has 6 nitrogen and oxygen atoms in total. The lowest BCUT2D eigenvalue weighted by atomic mass is 10.0. The summed E-state index contributed by atoms with van der Waals surface area (Å²) in [4.78, 5) is 27.7. The van der Waals surface area contributed by atoms with E-state index in [0.717, 1.165) is 26.5 Å². The largest absolute Gasteiger partial charge is 0.380 e. The van der Waals surface area contributed by atoms with Crippen LogP contribution in [0.3, 0.4) is 0 Å². The standard InChI is InChI=1S/C21H22BrN3O3/c1-13(26)24-20(9-15-11-23-19-7-6-16(22)10-18(15)19)21(27)25-17-5-3-4-14(8-17)12-28-2/h3-8,10-11,20,23H,9,12H2,1-2H3,(H,24,26)(H,25,27)/t20-/m1/s1. The van der Waals surface area contributed by atoms with E-state index in [0.29, 0.717) is 18.7 Å². The molecule has 0 saturated heterocycles. The number of H-pyrrole nitrogens is 1. The Hall–Kier alpha value is -2.64. The number of carbonyl (C=O) groups excluding carboxylic acids is 2. The Bertz CT molecular complexity index is 999. The molecule has 1 heterocycles. The number of rotatable bonds is 7. The number of halogens is 1. The third-order valence-electron chi connectivity index (χ3n) is 4.35. The van der Waals surface area contributed by atoms with Crippen molar-refractivity contribution < 1.29 is 14.3 Å². The Morgan fingerprint density at radius 3 is 2.79 bits per heavy atom. The number of hydrogen-bond donors (Lipinski definition) is 3. The molecule has 3 rings (SSSR count). The first-order valence-electron chi connectivity index (χ1n) is 8.87. The van der Waals surface area contributed by atoms with Crippen molar-refractivity contribution in [1.82, 2.24) is 10.3 Å². The van der Waals surface area contributed by atoms with Crippen LogP contribution in [0.4, 0.5) is 5.69 Å². The molecule has 7 heteroatoms. The van der Waals surface area contributed by atoms with Gasteiger partial charge >= 0.3 is 0 Å². The van der Waals surface area contributed by atoms with E-state index in [9.17, 15) is 9.59 Å². The molecule has 146 valence electrons. The van der Waals surface area contributed by atoms with Crippen molar-refractivity contribution in [2.75, 3.05) is 12.4 Å². The Labute approximate surface area is 171 Å². The molecular weight excluding hydrogens is 422 g/mol. The Morgan fingerprint density at radius 1 is 1.21 bits per heavy atom. The van der Waals surface area contributed by atoms with Gasteiger partial charge < -0.3 is 20.4 Å². The predicted octanol–water partition coefficient (Wildman–Crippen LogP) is 3.76. The maximum absolute atomic E-state index is 12.9. The van der Waals surface area contributed by atoms with Gasteiger partial charge in [-0.2, -0.15) is 0 Å². The highest BCUT2D eigenvalue weighted by Gasteiger charge is 2.22. The smallest absolute Gasteiger partial charge is 0.247 e. The monoisotopic (exact) mass is 443 g/mol. The van der Waals surface area contributed by atoms with Crippen LogP contribution in [0.1, 0.15) is 18.1 Å². The van der Waals surface area contributed by atoms with Gasteiger partial charge in [-0.25, -0.2) is 0 Å². The first-order chi connectivity index (χ1) is 13.5. The van der Waals surface area contributed by atoms with E-state index in [1.807, 2.05) is 48.7 Å². The van der Waals surface area contributed by atoms with Crippen LogP contribution < -0.4 is 10.6 Å². The zero-order valence-electron chi connectivity index (χ0n) is 15.7. The van der Waals surface area contributed by atoms with Crippen molar-refractivity contribution in [1.29, 1.82) is 0 Å². The number of nitrogens with one attached hydrogen (secondary N) is 3. The van der Waals surface area contributed by atoms with Gasteiger partial charge in [-0.15, -0.1) is 0 Å². The molecule has 1 aromatic heterocycles. The third-order valence-corrected chi connectivity index (χ3v) is 4.85. The van der Waals surface area contributed by atoms with Crippen LogP contribution in [0.5, 0.6) is 0 Å². The topological polar surface area (TPSA) is 83.2 Å². The zero-order chi connectivity index (χ0) is 20.1. The molecule has 0 saturated carbocycles. The molecule has 0 aliphatic carbocycles. The van der Waals surface area contributed by atoms with Crippen LogP contribution >= 0.6 is 15.9 Å². The van der Waals surface area contributed by atoms with Crippen molar-refractivity contribution in [3.05, 3.63) is 64.3 Å². The number of ether oxygens (including phenoxy) is 1. The number of aromatic nitrogens is 1. The highest BCUT2D eigenvalue weighted by Crippen LogP contribution is 2.24. The fraction of sp³-hybridized carbons (Fsp3) is 0.238. The maximum Gasteiger partial charge on any atom is 0.247 e. The van der Waals surface area contributed by atoms with E-state index in [1.54, 1.807) is 7.11 Å². The number of methoxy groups -OCH3 is 1. The van der Waals surface area contributed by atoms with Crippen LogP contribution in [-0.4, -0.2) is 29.9 Å². The van der Waals surface area contributed by atoms with Gasteiger partial charge in [-0.05, 0) is 41.5 Å². The molecule has 3 aromatic rings. The van der Waals surface area contributed by atoms with Crippen molar-refractivity contribution in [3.63, 3.8) is 0 Å². The molecule has 0 fully saturated rings. The predicted molar refractivity (Wildman–Crippen MR) is 113 cm³/mol. The summed E-state index contributed by atoms with van der Waals surface area (Å²) in [5.74, 6) is -0.525. The van der Waals surface area contributed by atoms with Crippen LogP contribution in [0.25, 0.3) is 10.9 Å². The summed E-state index contributed by atoms with van der Waals surface area (Å²) in [7, 11) is 1.62. The summed E-state index contributed by atoms with van der Waals surface area (Å²) < 4.78 is 6.09. The summed E-state index contributed by atoms with van der Waals surface area (Å²) in [6.07, 6.45) is 2.25. The van der Waals surface area contributed by atoms with Crippen LogP contribution in [0.15, 0.2) is 53.1 Å². The van der Waals surface area contributed by atoms with Crippen LogP contribution in [0.2, 0.25) is 0 Å². The molecule has 0 unspecified atom stereocenters. The van der Waals surface area contributed by atoms with E-state index in [-0.39, 0.29) is 11.8 Å². The molecule has 28 heavy (non-hydrogen) atoms. The van der Waals surface area contributed by atoms with Crippen molar-refractivity contribution in [3.8, 4) is 0 Å². The number of carbonyl (C=O) groups is 2. The minimum atomic E-state index is -0.693. The fourth-order valence-electron chi connectivity index (χ4n) is 3.13. The number of aromatic amines is 1. The zero-order valence-corrected chi connectivity index (χ0v) is 17.3. The molecule has 0 bridgehead atoms. The van der Waals surface area contributed by atoms with Gasteiger partial charge in [0.2, 0.25) is 11.8 Å². The van der Waals surface area contributed by atoms with Gasteiger partial charge in [-0.1, -0.05) is 28.1 Å². The molecule has 3 N–H and O–H groups in total. The SMILES string of the molecule is COCc1cccc(NC(=O)[C@@H](Cc2c[nH]c3ccc(Br)cc23)NC(C)=O)c1. The van der Waals surface area contributed by atoms with Gasteiger partial charge in [0.15, 0.2) is 0 Å². The molecule has 2 amide bonds. The highest BCUT2D eigenvalue weighted by atomic mass is 79.9. The molecular formula is C21H22BrN3O3. The number of fused-ring (bicyclic) bond motifs is 1. The Balaban J connectivity index is 1.81. The average molecular weight is 444 g/mol. The van der Waals surface area contributed by atoms with E-state index in [2.05, 4.69) is 31.5 Å². The minimum absolute atomic E-state index is 0.255. The molecule has 0 spiro atoms. The summed E-state index contributed by atoms with van der Waals surface area (Å²) in [6, 6.07) is 12.7. The van der Waals surface area contributed by atoms with Crippen molar-refractivity contribution >= 4 is 44.3 Å². The second-order valence-electron chi connectivity index (χ2n) is 6.58. The van der Waals surface area contributed by atoms with Crippen LogP contribution in [-0.2, 0) is 27.4 Å². The summed E-state index contributed by atoms with van der Waals surface area (Å²) in [6.45, 7) is 1.87. The van der Waals surface area contributed by atoms with Gasteiger partial charge in [0.25, 0.3) is 0 Å². The number of benzene rings is 2. The van der Waals surface area contributed by atoms with Crippen LogP contribution in [0, 0.1) is 0 Å². The third kappa shape index (κ3) is 4.99. The number of amides is 2. The highest BCUT2D eigenvalue weighted by molar-refractivity contribution is 9.10. The number of hydrogen-bond acceptors (Lipinski definition) is 3. The fourth-order valence-corrected chi connectivity index (χ4v) is 3.49. The lowest BCUT2D eigenvalue weighted by Crippen LogP contribution is -2.44. The van der Waals surface area contributed by atoms with E-state index in [4.69, 9.17) is 4.74 Å². The lowest BCUT2D eigenvalue weighted by Gasteiger charge is -2.18. The molecule has 0 radical (unpaired) electrons. The molecule has 0 aliphatic rings. The second-order valence-corrected chi connectivity index (χ2v) is 7.50. The average Bonchev–Trinajstić information content (AvgIpc) is 3.03. The molecule has 1 atom stereocenters. The first kappa shape index (κ1) is 20.1. The second kappa shape index (κ2) is 9.03. The first-order valence-corrected chi connectivity index (χ1v) is 9.67. The van der Waals surface area contributed by atoms with Crippen molar-refractivity contribution in [2.45, 2.75) is 26.0 Å². The summed E-state index contributed by atoms with van der Waals surface area (Å²) in [5, 5.41) is 6.66. The van der Waals surface area contributed by atoms with Gasteiger partial charge in [0, 0.05) is 47.7 Å². The van der Waals surface area contributed by atoms with E-state index < -0.39 is 6.04 Å². The minimum Gasteiger partial charge on any atom is -0.380 e.